The number of ether oxygens (including phenoxy) is 1. The van der Waals surface area contributed by atoms with Gasteiger partial charge in [0.2, 0.25) is 5.71 Å². The van der Waals surface area contributed by atoms with Crippen molar-refractivity contribution in [2.75, 3.05) is 12.0 Å². The minimum atomic E-state index is -4.27. The Hall–Kier alpha value is -3.28. The maximum Gasteiger partial charge on any atom is 0.753 e. The van der Waals surface area contributed by atoms with Crippen molar-refractivity contribution in [1.29, 1.82) is 5.26 Å². The van der Waals surface area contributed by atoms with Crippen molar-refractivity contribution in [3.63, 3.8) is 0 Å². The number of pyridine rings is 1. The van der Waals surface area contributed by atoms with Crippen molar-refractivity contribution in [2.45, 2.75) is 0 Å². The van der Waals surface area contributed by atoms with Crippen LogP contribution in [0.15, 0.2) is 53.8 Å². The highest BCUT2D eigenvalue weighted by molar-refractivity contribution is 6.62. The molecule has 120 valence electrons. The van der Waals surface area contributed by atoms with E-state index in [1.54, 1.807) is 6.07 Å². The highest BCUT2D eigenvalue weighted by Gasteiger charge is 2.52. The number of carbonyl (C=O) groups is 1. The van der Waals surface area contributed by atoms with Crippen molar-refractivity contribution in [3.8, 4) is 6.07 Å². The van der Waals surface area contributed by atoms with Gasteiger partial charge in [0.1, 0.15) is 12.3 Å². The van der Waals surface area contributed by atoms with Crippen molar-refractivity contribution < 1.29 is 22.6 Å². The molecule has 1 aromatic carbocycles. The molecule has 0 radical (unpaired) electrons. The van der Waals surface area contributed by atoms with Crippen LogP contribution in [0, 0.1) is 11.3 Å². The second-order valence-corrected chi connectivity index (χ2v) is 5.02. The van der Waals surface area contributed by atoms with Crippen molar-refractivity contribution in [3.05, 3.63) is 59.9 Å². The zero-order chi connectivity index (χ0) is 17.3. The maximum absolute atomic E-state index is 14.8. The van der Waals surface area contributed by atoms with Crippen LogP contribution in [-0.4, -0.2) is 25.8 Å². The molecule has 0 amide bonds. The van der Waals surface area contributed by atoms with Crippen LogP contribution in [0.4, 0.5) is 14.3 Å². The number of carbonyl (C=O) groups excluding carboxylic acids is 1. The molecule has 3 rings (SSSR count). The number of methoxy groups -OCH3 is 1. The minimum absolute atomic E-state index is 0.0485. The number of halogens is 2. The van der Waals surface area contributed by atoms with Gasteiger partial charge in [0.25, 0.3) is 0 Å². The molecular formula is C15H11BF2N4O2. The number of nitriles is 1. The zero-order valence-corrected chi connectivity index (χ0v) is 12.6. The first-order valence-electron chi connectivity index (χ1n) is 6.98. The van der Waals surface area contributed by atoms with Gasteiger partial charge in [-0.15, -0.1) is 0 Å². The van der Waals surface area contributed by atoms with Crippen LogP contribution in [0.2, 0.25) is 0 Å². The second kappa shape index (κ2) is 5.74. The van der Waals surface area contributed by atoms with E-state index in [-0.39, 0.29) is 22.7 Å². The van der Waals surface area contributed by atoms with Gasteiger partial charge in [-0.2, -0.15) is 10.4 Å². The van der Waals surface area contributed by atoms with Gasteiger partial charge in [-0.05, 0) is 30.3 Å². The van der Waals surface area contributed by atoms with Gasteiger partial charge in [-0.3, -0.25) is 0 Å². The Bertz CT molecular complexity index is 878. The number of nitrogens with zero attached hydrogens (tertiary/aromatic N) is 4. The van der Waals surface area contributed by atoms with Crippen LogP contribution in [0.5, 0.6) is 0 Å². The fourth-order valence-electron chi connectivity index (χ4n) is 2.46. The predicted molar refractivity (Wildman–Crippen MR) is 82.4 cm³/mol. The molecule has 0 saturated heterocycles. The molecule has 9 heteroatoms. The van der Waals surface area contributed by atoms with Gasteiger partial charge >= 0.3 is 12.9 Å². The first-order valence-corrected chi connectivity index (χ1v) is 6.98. The lowest BCUT2D eigenvalue weighted by Gasteiger charge is -2.34. The average Bonchev–Trinajstić information content (AvgIpc) is 2.61. The molecule has 24 heavy (non-hydrogen) atoms. The summed E-state index contributed by atoms with van der Waals surface area (Å²) < 4.78 is 35.0. The Balaban J connectivity index is 2.08. The summed E-state index contributed by atoms with van der Waals surface area (Å²) >= 11 is 0. The van der Waals surface area contributed by atoms with E-state index in [0.717, 1.165) is 4.48 Å². The number of hydrogen-bond donors (Lipinski definition) is 0. The predicted octanol–water partition coefficient (Wildman–Crippen LogP) is 1.73. The molecule has 1 aliphatic heterocycles. The standard InChI is InChI=1S/C15H11BF2N4O2/c1-24-15(23)11-5-7-12(8-6-11)22-16(17,18)21-9-3-2-4-14(21)13(10-19)20-22/h2-9H,1H3. The third kappa shape index (κ3) is 2.38. The Morgan fingerprint density at radius 3 is 2.62 bits per heavy atom. The molecule has 0 saturated carbocycles. The Morgan fingerprint density at radius 2 is 2.00 bits per heavy atom. The quantitative estimate of drug-likeness (QED) is 0.622. The molecule has 0 bridgehead atoms. The molecule has 6 nitrogen and oxygen atoms in total. The number of anilines is 1. The Kier molecular flexibility index (Phi) is 3.73. The van der Waals surface area contributed by atoms with E-state index in [9.17, 15) is 18.7 Å². The highest BCUT2D eigenvalue weighted by atomic mass is 19.2. The lowest BCUT2D eigenvalue weighted by atomic mass is 9.91. The number of fused-ring (bicyclic) bond motifs is 1. The van der Waals surface area contributed by atoms with Crippen LogP contribution in [-0.2, 0) is 4.74 Å². The van der Waals surface area contributed by atoms with Gasteiger partial charge in [-0.25, -0.2) is 4.79 Å². The number of rotatable bonds is 2. The average molecular weight is 328 g/mol. The number of hydrogen-bond acceptors (Lipinski definition) is 5. The lowest BCUT2D eigenvalue weighted by molar-refractivity contribution is -0.569. The van der Waals surface area contributed by atoms with E-state index in [4.69, 9.17) is 0 Å². The molecule has 0 aliphatic carbocycles. The summed E-state index contributed by atoms with van der Waals surface area (Å²) in [4.78, 5) is 11.9. The smallest absolute Gasteiger partial charge is 0.465 e. The van der Waals surface area contributed by atoms with Crippen LogP contribution >= 0.6 is 0 Å². The van der Waals surface area contributed by atoms with Gasteiger partial charge < -0.3 is 22.8 Å². The fraction of sp³-hybridized carbons (Fsp3) is 0.0667. The molecule has 2 aromatic rings. The monoisotopic (exact) mass is 328 g/mol. The summed E-state index contributed by atoms with van der Waals surface area (Å²) in [5.41, 5.74) is 0.210. The van der Waals surface area contributed by atoms with Crippen molar-refractivity contribution in [2.24, 2.45) is 5.10 Å². The van der Waals surface area contributed by atoms with Crippen molar-refractivity contribution >= 4 is 24.3 Å². The molecular weight excluding hydrogens is 317 g/mol. The third-order valence-electron chi connectivity index (χ3n) is 3.63. The summed E-state index contributed by atoms with van der Waals surface area (Å²) in [7, 11) is 1.23. The van der Waals surface area contributed by atoms with Gasteiger partial charge in [-0.1, -0.05) is 6.07 Å². The minimum Gasteiger partial charge on any atom is -0.465 e. The normalized spacial score (nSPS) is 15.1. The highest BCUT2D eigenvalue weighted by Crippen LogP contribution is 2.26. The number of esters is 1. The van der Waals surface area contributed by atoms with E-state index in [1.165, 1.54) is 49.7 Å². The number of benzene rings is 1. The Morgan fingerprint density at radius 1 is 1.29 bits per heavy atom. The molecule has 1 aliphatic rings. The first-order chi connectivity index (χ1) is 11.5. The molecule has 2 heterocycles. The van der Waals surface area contributed by atoms with Gasteiger partial charge in [0.05, 0.1) is 12.7 Å². The molecule has 0 N–H and O–H groups in total. The molecule has 0 spiro atoms. The largest absolute Gasteiger partial charge is 0.753 e. The second-order valence-electron chi connectivity index (χ2n) is 5.02. The molecule has 1 aromatic heterocycles. The van der Waals surface area contributed by atoms with E-state index < -0.39 is 12.9 Å². The topological polar surface area (TPSA) is 69.6 Å². The molecule has 0 atom stereocenters. The first kappa shape index (κ1) is 15.6. The SMILES string of the molecule is COC(=O)c1ccc(N2N=C(C#N)c3cccc[n+]3[B-]2(F)F)cc1. The summed E-state index contributed by atoms with van der Waals surface area (Å²) in [6, 6.07) is 11.6. The summed E-state index contributed by atoms with van der Waals surface area (Å²) in [6.07, 6.45) is 1.21. The van der Waals surface area contributed by atoms with Crippen LogP contribution in [0.3, 0.4) is 0 Å². The Labute approximate surface area is 136 Å². The summed E-state index contributed by atoms with van der Waals surface area (Å²) in [5.74, 6) is -0.571. The fourth-order valence-corrected chi connectivity index (χ4v) is 2.46. The van der Waals surface area contributed by atoms with Crippen LogP contribution < -0.4 is 9.40 Å². The number of hydrazone groups is 1. The zero-order valence-electron chi connectivity index (χ0n) is 12.6. The summed E-state index contributed by atoms with van der Waals surface area (Å²) in [5, 5.41) is 13.0. The number of aromatic nitrogens is 1. The van der Waals surface area contributed by atoms with Gasteiger partial charge in [0.15, 0.2) is 5.69 Å². The third-order valence-corrected chi connectivity index (χ3v) is 3.63. The van der Waals surface area contributed by atoms with Crippen LogP contribution in [0.25, 0.3) is 0 Å². The van der Waals surface area contributed by atoms with E-state index in [0.29, 0.717) is 4.92 Å². The van der Waals surface area contributed by atoms with Gasteiger partial charge in [0, 0.05) is 11.8 Å². The summed E-state index contributed by atoms with van der Waals surface area (Å²) in [6.45, 7) is -4.27. The van der Waals surface area contributed by atoms with E-state index >= 15 is 0 Å². The van der Waals surface area contributed by atoms with Crippen molar-refractivity contribution in [1.82, 2.24) is 0 Å². The van der Waals surface area contributed by atoms with Crippen LogP contribution in [0.1, 0.15) is 16.1 Å². The van der Waals surface area contributed by atoms with E-state index in [2.05, 4.69) is 9.84 Å². The van der Waals surface area contributed by atoms with E-state index in [1.807, 2.05) is 6.07 Å². The molecule has 0 unspecified atom stereocenters. The maximum atomic E-state index is 14.8. The molecule has 0 fully saturated rings. The lowest BCUT2D eigenvalue weighted by Crippen LogP contribution is -2.72.